The monoisotopic (exact) mass is 418 g/mol. The lowest BCUT2D eigenvalue weighted by atomic mass is 10.0. The van der Waals surface area contributed by atoms with Crippen LogP contribution in [0.2, 0.25) is 0 Å². The Hall–Kier alpha value is -2.99. The Bertz CT molecular complexity index is 1060. The topological polar surface area (TPSA) is 67.2 Å². The first kappa shape index (κ1) is 21.2. The number of hydrogen-bond acceptors (Lipinski definition) is 4. The molecule has 31 heavy (non-hydrogen) atoms. The van der Waals surface area contributed by atoms with E-state index in [2.05, 4.69) is 39.5 Å². The van der Waals surface area contributed by atoms with Crippen LogP contribution in [0.4, 0.5) is 0 Å². The summed E-state index contributed by atoms with van der Waals surface area (Å²) in [5.41, 5.74) is 1.96. The summed E-state index contributed by atoms with van der Waals surface area (Å²) in [7, 11) is 0. The molecule has 1 fully saturated rings. The van der Waals surface area contributed by atoms with Crippen molar-refractivity contribution < 1.29 is 4.79 Å². The molecule has 1 saturated heterocycles. The lowest BCUT2D eigenvalue weighted by Crippen LogP contribution is -2.48. The fourth-order valence-electron chi connectivity index (χ4n) is 4.32. The van der Waals surface area contributed by atoms with Gasteiger partial charge in [0.05, 0.1) is 17.2 Å². The summed E-state index contributed by atoms with van der Waals surface area (Å²) in [6.45, 7) is 3.40. The highest BCUT2D eigenvalue weighted by Gasteiger charge is 2.21. The summed E-state index contributed by atoms with van der Waals surface area (Å²) in [5.74, 6) is -0.00352. The molecule has 2 heterocycles. The van der Waals surface area contributed by atoms with Gasteiger partial charge in [0.1, 0.15) is 0 Å². The van der Waals surface area contributed by atoms with Gasteiger partial charge in [-0.25, -0.2) is 4.98 Å². The van der Waals surface area contributed by atoms with E-state index in [0.29, 0.717) is 17.4 Å². The molecule has 6 heteroatoms. The van der Waals surface area contributed by atoms with E-state index in [1.807, 2.05) is 24.3 Å². The number of rotatable bonds is 8. The molecular formula is C25H30N4O2. The molecule has 2 aromatic carbocycles. The molecule has 3 aromatic rings. The van der Waals surface area contributed by atoms with Crippen molar-refractivity contribution in [2.75, 3.05) is 19.6 Å². The van der Waals surface area contributed by atoms with Crippen molar-refractivity contribution in [1.29, 1.82) is 0 Å². The van der Waals surface area contributed by atoms with Gasteiger partial charge in [0.2, 0.25) is 5.91 Å². The lowest BCUT2D eigenvalue weighted by molar-refractivity contribution is -0.122. The van der Waals surface area contributed by atoms with E-state index in [4.69, 9.17) is 0 Å². The van der Waals surface area contributed by atoms with Crippen LogP contribution in [-0.2, 0) is 17.8 Å². The van der Waals surface area contributed by atoms with Gasteiger partial charge in [-0.1, -0.05) is 42.5 Å². The largest absolute Gasteiger partial charge is 0.352 e. The van der Waals surface area contributed by atoms with Gasteiger partial charge in [0, 0.05) is 25.6 Å². The van der Waals surface area contributed by atoms with Gasteiger partial charge in [-0.3, -0.25) is 14.2 Å². The fourth-order valence-corrected chi connectivity index (χ4v) is 4.32. The highest BCUT2D eigenvalue weighted by Crippen LogP contribution is 2.12. The van der Waals surface area contributed by atoms with E-state index in [1.54, 1.807) is 6.07 Å². The number of para-hydroxylation sites is 1. The third-order valence-corrected chi connectivity index (χ3v) is 5.96. The van der Waals surface area contributed by atoms with Crippen LogP contribution >= 0.6 is 0 Å². The van der Waals surface area contributed by atoms with Gasteiger partial charge in [-0.15, -0.1) is 0 Å². The number of nitrogens with one attached hydrogen (secondary N) is 1. The van der Waals surface area contributed by atoms with Gasteiger partial charge in [0.15, 0.2) is 0 Å². The van der Waals surface area contributed by atoms with E-state index in [0.717, 1.165) is 45.3 Å². The predicted octanol–water partition coefficient (Wildman–Crippen LogP) is 3.00. The number of carbonyl (C=O) groups excluding carboxylic acids is 1. The smallest absolute Gasteiger partial charge is 0.261 e. The molecule has 4 rings (SSSR count). The summed E-state index contributed by atoms with van der Waals surface area (Å²) >= 11 is 0. The minimum absolute atomic E-state index is 0.00352. The van der Waals surface area contributed by atoms with Crippen LogP contribution in [0, 0.1) is 0 Å². The first-order chi connectivity index (χ1) is 15.2. The molecule has 1 unspecified atom stereocenters. The standard InChI is InChI=1S/C25H30N4O2/c30-24(14-17-29-19-26-23-13-5-4-12-22(23)25(29)31)27-21-11-7-16-28(18-21)15-6-10-20-8-2-1-3-9-20/h1-5,8-9,12-13,19,21H,6-7,10-11,14-18H2,(H,27,30). The van der Waals surface area contributed by atoms with E-state index >= 15 is 0 Å². The fraction of sp³-hybridized carbons (Fsp3) is 0.400. The van der Waals surface area contributed by atoms with Crippen LogP contribution in [0.1, 0.15) is 31.2 Å². The van der Waals surface area contributed by atoms with Crippen molar-refractivity contribution in [3.05, 3.63) is 76.8 Å². The van der Waals surface area contributed by atoms with Crippen molar-refractivity contribution in [2.45, 2.75) is 44.7 Å². The highest BCUT2D eigenvalue weighted by atomic mass is 16.2. The summed E-state index contributed by atoms with van der Waals surface area (Å²) in [6.07, 6.45) is 6.14. The van der Waals surface area contributed by atoms with Crippen molar-refractivity contribution in [3.8, 4) is 0 Å². The maximum atomic E-state index is 12.6. The SMILES string of the molecule is O=C(CCn1cnc2ccccc2c1=O)NC1CCCN(CCCc2ccccc2)C1. The van der Waals surface area contributed by atoms with Crippen LogP contribution in [0.25, 0.3) is 10.9 Å². The quantitative estimate of drug-likeness (QED) is 0.611. The maximum Gasteiger partial charge on any atom is 0.261 e. The van der Waals surface area contributed by atoms with Crippen LogP contribution in [0.15, 0.2) is 65.7 Å². The lowest BCUT2D eigenvalue weighted by Gasteiger charge is -2.33. The van der Waals surface area contributed by atoms with Gasteiger partial charge in [-0.2, -0.15) is 0 Å². The number of likely N-dealkylation sites (tertiary alicyclic amines) is 1. The zero-order valence-electron chi connectivity index (χ0n) is 17.9. The Labute approximate surface area is 182 Å². The van der Waals surface area contributed by atoms with Crippen molar-refractivity contribution in [2.24, 2.45) is 0 Å². The average Bonchev–Trinajstić information content (AvgIpc) is 2.80. The van der Waals surface area contributed by atoms with Gasteiger partial charge in [0.25, 0.3) is 5.56 Å². The third kappa shape index (κ3) is 5.79. The molecule has 1 aliphatic heterocycles. The second-order valence-electron chi connectivity index (χ2n) is 8.31. The highest BCUT2D eigenvalue weighted by molar-refractivity contribution is 5.77. The first-order valence-corrected chi connectivity index (χ1v) is 11.2. The Morgan fingerprint density at radius 2 is 1.87 bits per heavy atom. The van der Waals surface area contributed by atoms with Crippen molar-refractivity contribution in [3.63, 3.8) is 0 Å². The Morgan fingerprint density at radius 3 is 2.74 bits per heavy atom. The predicted molar refractivity (Wildman–Crippen MR) is 123 cm³/mol. The molecule has 162 valence electrons. The van der Waals surface area contributed by atoms with Crippen LogP contribution < -0.4 is 10.9 Å². The summed E-state index contributed by atoms with van der Waals surface area (Å²) in [6, 6.07) is 18.0. The van der Waals surface area contributed by atoms with Gasteiger partial charge >= 0.3 is 0 Å². The van der Waals surface area contributed by atoms with E-state index < -0.39 is 0 Å². The van der Waals surface area contributed by atoms with Crippen LogP contribution in [0.3, 0.4) is 0 Å². The van der Waals surface area contributed by atoms with E-state index in [-0.39, 0.29) is 23.9 Å². The maximum absolute atomic E-state index is 12.6. The molecule has 1 aromatic heterocycles. The minimum Gasteiger partial charge on any atom is -0.352 e. The van der Waals surface area contributed by atoms with Gasteiger partial charge < -0.3 is 10.2 Å². The molecule has 6 nitrogen and oxygen atoms in total. The van der Waals surface area contributed by atoms with Gasteiger partial charge in [-0.05, 0) is 56.5 Å². The molecule has 0 aliphatic carbocycles. The number of aromatic nitrogens is 2. The molecule has 1 atom stereocenters. The third-order valence-electron chi connectivity index (χ3n) is 5.96. The Morgan fingerprint density at radius 1 is 1.06 bits per heavy atom. The molecule has 1 N–H and O–H groups in total. The number of benzene rings is 2. The minimum atomic E-state index is -0.0966. The second kappa shape index (κ2) is 10.4. The Balaban J connectivity index is 1.23. The summed E-state index contributed by atoms with van der Waals surface area (Å²) < 4.78 is 1.53. The molecule has 1 aliphatic rings. The summed E-state index contributed by atoms with van der Waals surface area (Å²) in [4.78, 5) is 31.8. The zero-order valence-corrected chi connectivity index (χ0v) is 17.9. The molecule has 1 amide bonds. The summed E-state index contributed by atoms with van der Waals surface area (Å²) in [5, 5.41) is 3.75. The molecular weight excluding hydrogens is 388 g/mol. The number of hydrogen-bond donors (Lipinski definition) is 1. The first-order valence-electron chi connectivity index (χ1n) is 11.2. The second-order valence-corrected chi connectivity index (χ2v) is 8.31. The molecule has 0 radical (unpaired) electrons. The number of piperidine rings is 1. The number of aryl methyl sites for hydroxylation is 2. The number of carbonyl (C=O) groups is 1. The number of nitrogens with zero attached hydrogens (tertiary/aromatic N) is 3. The zero-order chi connectivity index (χ0) is 21.5. The van der Waals surface area contributed by atoms with Crippen molar-refractivity contribution in [1.82, 2.24) is 19.8 Å². The van der Waals surface area contributed by atoms with Crippen LogP contribution in [0.5, 0.6) is 0 Å². The average molecular weight is 419 g/mol. The number of fused-ring (bicyclic) bond motifs is 1. The molecule has 0 bridgehead atoms. The van der Waals surface area contributed by atoms with E-state index in [1.165, 1.54) is 16.5 Å². The normalized spacial score (nSPS) is 17.0. The van der Waals surface area contributed by atoms with Crippen molar-refractivity contribution >= 4 is 16.8 Å². The number of amides is 1. The molecule has 0 saturated carbocycles. The molecule has 0 spiro atoms. The Kier molecular flexibility index (Phi) is 7.10. The van der Waals surface area contributed by atoms with Crippen LogP contribution in [-0.4, -0.2) is 46.0 Å². The van der Waals surface area contributed by atoms with E-state index in [9.17, 15) is 9.59 Å².